The molecule has 2 heterocycles. The van der Waals surface area contributed by atoms with Crippen molar-refractivity contribution in [3.63, 3.8) is 0 Å². The first-order valence-electron chi connectivity index (χ1n) is 8.22. The van der Waals surface area contributed by atoms with Gasteiger partial charge in [-0.15, -0.1) is 0 Å². The Morgan fingerprint density at radius 2 is 1.75 bits per heavy atom. The molecule has 4 rings (SSSR count). The normalized spacial score (nSPS) is 17.4. The maximum absolute atomic E-state index is 12.9. The molecule has 0 saturated carbocycles. The molecule has 0 atom stereocenters. The lowest BCUT2D eigenvalue weighted by atomic mass is 10.1. The number of rotatable bonds is 3. The maximum Gasteiger partial charge on any atom is 0.264 e. The predicted octanol–water partition coefficient (Wildman–Crippen LogP) is 3.69. The van der Waals surface area contributed by atoms with Gasteiger partial charge in [-0.3, -0.25) is 4.31 Å². The molecule has 0 spiro atoms. The first-order valence-corrected chi connectivity index (χ1v) is 10.0. The SMILES string of the molecule is O=S(=O)(c1cccc(Cl)c1)N1CCc2cc(N3CCCC3)ccc21. The van der Waals surface area contributed by atoms with Crippen molar-refractivity contribution in [1.82, 2.24) is 0 Å². The predicted molar refractivity (Wildman–Crippen MR) is 97.6 cm³/mol. The third kappa shape index (κ3) is 2.66. The quantitative estimate of drug-likeness (QED) is 0.836. The molecule has 1 fully saturated rings. The highest BCUT2D eigenvalue weighted by atomic mass is 35.5. The Morgan fingerprint density at radius 3 is 2.50 bits per heavy atom. The van der Waals surface area contributed by atoms with Crippen molar-refractivity contribution in [3.05, 3.63) is 53.1 Å². The van der Waals surface area contributed by atoms with Gasteiger partial charge >= 0.3 is 0 Å². The zero-order valence-corrected chi connectivity index (χ0v) is 14.9. The van der Waals surface area contributed by atoms with Crippen LogP contribution in [0, 0.1) is 0 Å². The minimum atomic E-state index is -3.57. The number of halogens is 1. The zero-order valence-electron chi connectivity index (χ0n) is 13.3. The zero-order chi connectivity index (χ0) is 16.7. The van der Waals surface area contributed by atoms with Gasteiger partial charge in [0.25, 0.3) is 10.0 Å². The second-order valence-corrected chi connectivity index (χ2v) is 8.59. The molecule has 24 heavy (non-hydrogen) atoms. The van der Waals surface area contributed by atoms with Crippen molar-refractivity contribution in [2.45, 2.75) is 24.2 Å². The van der Waals surface area contributed by atoms with E-state index in [2.05, 4.69) is 11.0 Å². The number of hydrogen-bond acceptors (Lipinski definition) is 3. The highest BCUT2D eigenvalue weighted by Crippen LogP contribution is 2.36. The van der Waals surface area contributed by atoms with Gasteiger partial charge in [-0.25, -0.2) is 8.42 Å². The van der Waals surface area contributed by atoms with E-state index in [4.69, 9.17) is 11.6 Å². The Labute approximate surface area is 147 Å². The smallest absolute Gasteiger partial charge is 0.264 e. The van der Waals surface area contributed by atoms with Crippen molar-refractivity contribution >= 4 is 33.0 Å². The molecule has 4 nitrogen and oxygen atoms in total. The van der Waals surface area contributed by atoms with Crippen LogP contribution in [0.5, 0.6) is 0 Å². The van der Waals surface area contributed by atoms with Crippen molar-refractivity contribution in [2.75, 3.05) is 28.8 Å². The molecular weight excluding hydrogens is 344 g/mol. The van der Waals surface area contributed by atoms with Gasteiger partial charge in [0.1, 0.15) is 0 Å². The Hall–Kier alpha value is -1.72. The molecule has 0 bridgehead atoms. The molecule has 0 aromatic heterocycles. The van der Waals surface area contributed by atoms with Gasteiger partial charge in [-0.1, -0.05) is 17.7 Å². The van der Waals surface area contributed by atoms with E-state index in [1.807, 2.05) is 12.1 Å². The summed E-state index contributed by atoms with van der Waals surface area (Å²) in [6.07, 6.45) is 3.20. The van der Waals surface area contributed by atoms with Crippen molar-refractivity contribution < 1.29 is 8.42 Å². The molecule has 2 aliphatic heterocycles. The van der Waals surface area contributed by atoms with Gasteiger partial charge < -0.3 is 4.90 Å². The van der Waals surface area contributed by atoms with Gasteiger partial charge in [0.2, 0.25) is 0 Å². The number of hydrogen-bond donors (Lipinski definition) is 0. The molecule has 2 aromatic rings. The highest BCUT2D eigenvalue weighted by molar-refractivity contribution is 7.92. The van der Waals surface area contributed by atoms with Crippen LogP contribution in [0.3, 0.4) is 0 Å². The average molecular weight is 363 g/mol. The first kappa shape index (κ1) is 15.8. The third-order valence-corrected chi connectivity index (χ3v) is 6.82. The van der Waals surface area contributed by atoms with Gasteiger partial charge in [-0.05, 0) is 61.2 Å². The fraction of sp³-hybridized carbons (Fsp3) is 0.333. The maximum atomic E-state index is 12.9. The van der Waals surface area contributed by atoms with Crippen LogP contribution in [0.15, 0.2) is 47.4 Å². The summed E-state index contributed by atoms with van der Waals surface area (Å²) in [5.74, 6) is 0. The van der Waals surface area contributed by atoms with Gasteiger partial charge in [0.05, 0.1) is 10.6 Å². The number of fused-ring (bicyclic) bond motifs is 1. The Kier molecular flexibility index (Phi) is 3.93. The molecule has 126 valence electrons. The van der Waals surface area contributed by atoms with Crippen LogP contribution in [0.25, 0.3) is 0 Å². The van der Waals surface area contributed by atoms with Crippen molar-refractivity contribution in [3.8, 4) is 0 Å². The van der Waals surface area contributed by atoms with E-state index in [1.165, 1.54) is 28.9 Å². The van der Waals surface area contributed by atoms with Gasteiger partial charge in [-0.2, -0.15) is 0 Å². The monoisotopic (exact) mass is 362 g/mol. The molecule has 2 aliphatic rings. The van der Waals surface area contributed by atoms with Crippen LogP contribution < -0.4 is 9.21 Å². The molecule has 0 unspecified atom stereocenters. The Bertz CT molecular complexity index is 876. The average Bonchev–Trinajstić information content (AvgIpc) is 3.24. The van der Waals surface area contributed by atoms with Gasteiger partial charge in [0.15, 0.2) is 0 Å². The van der Waals surface area contributed by atoms with Crippen LogP contribution in [0.1, 0.15) is 18.4 Å². The second kappa shape index (κ2) is 5.97. The number of anilines is 2. The molecule has 0 amide bonds. The standard InChI is InChI=1S/C18H19ClN2O2S/c19-15-4-3-5-17(13-15)24(22,23)21-11-8-14-12-16(6-7-18(14)21)20-9-1-2-10-20/h3-7,12-13H,1-2,8-11H2. The summed E-state index contributed by atoms with van der Waals surface area (Å²) < 4.78 is 27.4. The topological polar surface area (TPSA) is 40.6 Å². The lowest BCUT2D eigenvalue weighted by Crippen LogP contribution is -2.29. The van der Waals surface area contributed by atoms with E-state index >= 15 is 0 Å². The summed E-state index contributed by atoms with van der Waals surface area (Å²) in [4.78, 5) is 2.61. The largest absolute Gasteiger partial charge is 0.372 e. The van der Waals surface area contributed by atoms with E-state index in [0.717, 1.165) is 30.8 Å². The van der Waals surface area contributed by atoms with Crippen LogP contribution in [-0.2, 0) is 16.4 Å². The van der Waals surface area contributed by atoms with E-state index in [9.17, 15) is 8.42 Å². The molecule has 0 radical (unpaired) electrons. The third-order valence-electron chi connectivity index (χ3n) is 4.77. The van der Waals surface area contributed by atoms with Crippen molar-refractivity contribution in [2.24, 2.45) is 0 Å². The summed E-state index contributed by atoms with van der Waals surface area (Å²) in [6.45, 7) is 2.65. The molecule has 0 aliphatic carbocycles. The molecule has 2 aromatic carbocycles. The van der Waals surface area contributed by atoms with Crippen LogP contribution in [-0.4, -0.2) is 28.1 Å². The highest BCUT2D eigenvalue weighted by Gasteiger charge is 2.31. The molecular formula is C18H19ClN2O2S. The fourth-order valence-electron chi connectivity index (χ4n) is 3.53. The number of nitrogens with zero attached hydrogens (tertiary/aromatic N) is 2. The number of sulfonamides is 1. The van der Waals surface area contributed by atoms with Crippen LogP contribution in [0.2, 0.25) is 5.02 Å². The van der Waals surface area contributed by atoms with E-state index in [1.54, 1.807) is 18.2 Å². The minimum absolute atomic E-state index is 0.242. The molecule has 6 heteroatoms. The first-order chi connectivity index (χ1) is 11.6. The molecule has 0 N–H and O–H groups in total. The minimum Gasteiger partial charge on any atom is -0.372 e. The van der Waals surface area contributed by atoms with E-state index in [-0.39, 0.29) is 4.90 Å². The van der Waals surface area contributed by atoms with Crippen molar-refractivity contribution in [1.29, 1.82) is 0 Å². The lowest BCUT2D eigenvalue weighted by molar-refractivity contribution is 0.592. The fourth-order valence-corrected chi connectivity index (χ4v) is 5.34. The van der Waals surface area contributed by atoms with Crippen LogP contribution in [0.4, 0.5) is 11.4 Å². The Morgan fingerprint density at radius 1 is 0.958 bits per heavy atom. The summed E-state index contributed by atoms with van der Waals surface area (Å²) in [5, 5.41) is 0.430. The van der Waals surface area contributed by atoms with Gasteiger partial charge in [0, 0.05) is 30.3 Å². The molecule has 1 saturated heterocycles. The lowest BCUT2D eigenvalue weighted by Gasteiger charge is -2.22. The second-order valence-electron chi connectivity index (χ2n) is 6.29. The van der Waals surface area contributed by atoms with E-state index in [0.29, 0.717) is 11.6 Å². The Balaban J connectivity index is 1.68. The van der Waals surface area contributed by atoms with E-state index < -0.39 is 10.0 Å². The van der Waals surface area contributed by atoms with Crippen LogP contribution >= 0.6 is 11.6 Å². The summed E-state index contributed by atoms with van der Waals surface area (Å²) >= 11 is 5.96. The number of benzene rings is 2. The summed E-state index contributed by atoms with van der Waals surface area (Å²) in [5.41, 5.74) is 3.09. The summed E-state index contributed by atoms with van der Waals surface area (Å²) in [7, 11) is -3.57. The summed E-state index contributed by atoms with van der Waals surface area (Å²) in [6, 6.07) is 12.6.